The van der Waals surface area contributed by atoms with Crippen LogP contribution in [-0.2, 0) is 10.8 Å². The summed E-state index contributed by atoms with van der Waals surface area (Å²) >= 11 is -3.08. The van der Waals surface area contributed by atoms with Crippen molar-refractivity contribution >= 4 is 82.5 Å². The minimum atomic E-state index is -3.08. The van der Waals surface area contributed by atoms with Crippen LogP contribution in [0.4, 0.5) is 5.69 Å². The number of imide groups is 1. The number of ether oxygens (including phenoxy) is 2. The van der Waals surface area contributed by atoms with Crippen LogP contribution in [0.15, 0.2) is 109 Å². The van der Waals surface area contributed by atoms with Crippen molar-refractivity contribution in [3.63, 3.8) is 0 Å². The number of hydrogen-bond acceptors (Lipinski definition) is 4. The second-order valence-corrected chi connectivity index (χ2v) is 36.7. The minimum absolute atomic E-state index is 0.0430. The first kappa shape index (κ1) is 51.5. The predicted octanol–water partition coefficient (Wildman–Crippen LogP) is 19.0. The molecule has 0 N–H and O–H groups in total. The Hall–Kier alpha value is -5.40. The fraction of sp³-hybridized carbons (Fsp3) is 0.394. The van der Waals surface area contributed by atoms with Gasteiger partial charge in [0.05, 0.1) is 0 Å². The van der Waals surface area contributed by atoms with Crippen molar-refractivity contribution in [1.82, 2.24) is 0 Å². The number of carbonyl (C=O) groups excluding carboxylic acids is 2. The van der Waals surface area contributed by atoms with Crippen molar-refractivity contribution in [2.75, 3.05) is 4.90 Å². The van der Waals surface area contributed by atoms with E-state index in [0.29, 0.717) is 45.2 Å². The van der Waals surface area contributed by atoms with Gasteiger partial charge >= 0.3 is 337 Å². The van der Waals surface area contributed by atoms with Crippen LogP contribution < -0.4 is 18.0 Å². The van der Waals surface area contributed by atoms with Gasteiger partial charge in [-0.3, -0.25) is 0 Å². The Morgan fingerprint density at radius 1 is 0.486 bits per heavy atom. The van der Waals surface area contributed by atoms with Crippen molar-refractivity contribution in [3.05, 3.63) is 143 Å². The number of anilines is 1. The van der Waals surface area contributed by atoms with Gasteiger partial charge in [-0.15, -0.1) is 0 Å². The fourth-order valence-electron chi connectivity index (χ4n) is 11.8. The van der Waals surface area contributed by atoms with Gasteiger partial charge < -0.3 is 0 Å². The number of para-hydroxylation sites is 1. The number of benzene rings is 8. The molecule has 1 heterocycles. The van der Waals surface area contributed by atoms with Gasteiger partial charge in [0.25, 0.3) is 0 Å². The third kappa shape index (κ3) is 9.19. The summed E-state index contributed by atoms with van der Waals surface area (Å²) in [7, 11) is 0. The number of rotatable bonds is 17. The molecule has 8 aromatic carbocycles. The average Bonchev–Trinajstić information content (AvgIpc) is 3.35. The molecule has 0 atom stereocenters. The van der Waals surface area contributed by atoms with Gasteiger partial charge in [0.1, 0.15) is 0 Å². The van der Waals surface area contributed by atoms with E-state index in [1.807, 2.05) is 12.1 Å². The van der Waals surface area contributed by atoms with Gasteiger partial charge in [0.15, 0.2) is 0 Å². The summed E-state index contributed by atoms with van der Waals surface area (Å²) < 4.78 is 20.1. The number of unbranched alkanes of at least 4 members (excludes halogenated alkanes) is 3. The SMILES string of the molecule is CCC[CH2][Sn]([CH2]CCC)([CH2]CCC)[c]1ccc2c3c(Oc4ccc(C(C)(C)C)cc4)cc4c5c(cc(Oc6ccc(C(C)(C)C)cc6)c(c6cccc1c62)c53)C(=O)N(c1c(C(C)C)cccc1C(C)C)C4=O. The molecule has 1 aliphatic rings. The first-order valence-electron chi connectivity index (χ1n) is 27.2. The van der Waals surface area contributed by atoms with Gasteiger partial charge in [-0.05, 0) is 11.8 Å². The van der Waals surface area contributed by atoms with Crippen LogP contribution in [0.3, 0.4) is 0 Å². The van der Waals surface area contributed by atoms with E-state index < -0.39 is 18.4 Å². The van der Waals surface area contributed by atoms with Crippen LogP contribution in [0.1, 0.15) is 183 Å². The summed E-state index contributed by atoms with van der Waals surface area (Å²) in [6.45, 7) is 28.9. The number of carbonyl (C=O) groups is 2. The summed E-state index contributed by atoms with van der Waals surface area (Å²) in [4.78, 5) is 33.1. The topological polar surface area (TPSA) is 55.8 Å². The molecule has 0 aliphatic carbocycles. The molecule has 5 nitrogen and oxygen atoms in total. The standard InChI is InChI=1S/C54H50NO4.3C4H9.Sn/c1-30(2)37-16-13-17-38(31(3)4)50(37)55-51(56)41-28-43(58-35-24-20-33(21-25-35)53(5,6)7)47-39-18-11-14-32-15-12-19-40(45(32)39)48-44(29-42(52(55)57)46(41)49(47)48)59-36-26-22-34(23-27-36)54(8,9)10;3*1-3-4-2;/h11-14,16-31H,1-10H3;3*1,3-4H2,2H3;. The van der Waals surface area contributed by atoms with E-state index in [-0.39, 0.29) is 34.5 Å². The molecule has 2 amide bonds. The van der Waals surface area contributed by atoms with E-state index in [4.69, 9.17) is 9.47 Å². The Labute approximate surface area is 433 Å². The number of amides is 2. The molecule has 0 saturated heterocycles. The maximum atomic E-state index is 15.8. The average molecular weight is 1070 g/mol. The molecule has 0 radical (unpaired) electrons. The van der Waals surface area contributed by atoms with Gasteiger partial charge in [-0.1, -0.05) is 87.4 Å². The molecule has 9 rings (SSSR count). The summed E-state index contributed by atoms with van der Waals surface area (Å²) in [6, 6.07) is 38.6. The summed E-state index contributed by atoms with van der Waals surface area (Å²) in [5.41, 5.74) is 5.80. The molecule has 0 saturated carbocycles. The summed E-state index contributed by atoms with van der Waals surface area (Å²) in [5.74, 6) is 1.95. The number of nitrogens with zero attached hydrogens (tertiary/aromatic N) is 1. The molecular formula is C66H77NO4Sn. The van der Waals surface area contributed by atoms with E-state index in [1.165, 1.54) is 78.6 Å². The van der Waals surface area contributed by atoms with Crippen molar-refractivity contribution in [2.24, 2.45) is 0 Å². The van der Waals surface area contributed by atoms with Gasteiger partial charge in [0.2, 0.25) is 0 Å². The Morgan fingerprint density at radius 2 is 0.903 bits per heavy atom. The summed E-state index contributed by atoms with van der Waals surface area (Å²) in [5, 5.41) is 7.94. The van der Waals surface area contributed by atoms with Crippen LogP contribution in [0.25, 0.3) is 43.1 Å². The predicted molar refractivity (Wildman–Crippen MR) is 308 cm³/mol. The zero-order valence-electron chi connectivity index (χ0n) is 45.5. The normalized spacial score (nSPS) is 13.6. The van der Waals surface area contributed by atoms with Crippen LogP contribution >= 0.6 is 0 Å². The van der Waals surface area contributed by atoms with Crippen LogP contribution in [0, 0.1) is 0 Å². The molecule has 0 bridgehead atoms. The quantitative estimate of drug-likeness (QED) is 0.0395. The molecule has 0 fully saturated rings. The van der Waals surface area contributed by atoms with Crippen LogP contribution in [0.5, 0.6) is 23.0 Å². The Kier molecular flexibility index (Phi) is 14.4. The van der Waals surface area contributed by atoms with Crippen molar-refractivity contribution in [3.8, 4) is 23.0 Å². The monoisotopic (exact) mass is 1070 g/mol. The molecule has 72 heavy (non-hydrogen) atoms. The molecule has 8 aromatic rings. The number of hydrogen-bond donors (Lipinski definition) is 0. The molecule has 0 spiro atoms. The van der Waals surface area contributed by atoms with Gasteiger partial charge in [-0.2, -0.15) is 0 Å². The summed E-state index contributed by atoms with van der Waals surface area (Å²) in [6.07, 6.45) is 7.38. The van der Waals surface area contributed by atoms with E-state index in [9.17, 15) is 0 Å². The van der Waals surface area contributed by atoms with Crippen molar-refractivity contribution in [2.45, 2.75) is 165 Å². The van der Waals surface area contributed by atoms with Crippen molar-refractivity contribution in [1.29, 1.82) is 0 Å². The molecule has 1 aliphatic heterocycles. The second kappa shape index (κ2) is 20.1. The van der Waals surface area contributed by atoms with E-state index in [1.54, 1.807) is 3.58 Å². The van der Waals surface area contributed by atoms with E-state index in [2.05, 4.69) is 187 Å². The van der Waals surface area contributed by atoms with Gasteiger partial charge in [-0.25, -0.2) is 0 Å². The molecule has 0 aromatic heterocycles. The van der Waals surface area contributed by atoms with Crippen LogP contribution in [0.2, 0.25) is 13.3 Å². The Bertz CT molecular complexity index is 3130. The van der Waals surface area contributed by atoms with E-state index >= 15 is 9.59 Å². The first-order chi connectivity index (χ1) is 34.3. The third-order valence-electron chi connectivity index (χ3n) is 15.8. The van der Waals surface area contributed by atoms with Crippen molar-refractivity contribution < 1.29 is 19.1 Å². The Morgan fingerprint density at radius 3 is 1.32 bits per heavy atom. The second-order valence-electron chi connectivity index (χ2n) is 23.6. The van der Waals surface area contributed by atoms with E-state index in [0.717, 1.165) is 38.1 Å². The zero-order chi connectivity index (χ0) is 51.4. The van der Waals surface area contributed by atoms with Gasteiger partial charge in [0, 0.05) is 0 Å². The molecule has 0 unspecified atom stereocenters. The molecular weight excluding hydrogens is 989 g/mol. The number of fused-ring (bicyclic) bond motifs is 2. The fourth-order valence-corrected chi connectivity index (χ4v) is 28.6. The first-order valence-corrected chi connectivity index (χ1v) is 34.6. The molecule has 374 valence electrons. The zero-order valence-corrected chi connectivity index (χ0v) is 48.3. The Balaban J connectivity index is 1.44. The van der Waals surface area contributed by atoms with Crippen LogP contribution in [-0.4, -0.2) is 30.2 Å². The third-order valence-corrected chi connectivity index (χ3v) is 31.6. The molecule has 6 heteroatoms. The maximum absolute atomic E-state index is 15.8.